The maximum atomic E-state index is 12.4. The SMILES string of the molecule is C[C@@]1(c2ccc(NS(=O)(=O)c3ccc(Cl)c(Cl)c3)cc2)NC(=O)NC1=O. The molecule has 136 valence electrons. The van der Waals surface area contributed by atoms with Gasteiger partial charge in [0.15, 0.2) is 0 Å². The summed E-state index contributed by atoms with van der Waals surface area (Å²) >= 11 is 11.7. The molecule has 0 aromatic heterocycles. The van der Waals surface area contributed by atoms with Gasteiger partial charge >= 0.3 is 6.03 Å². The van der Waals surface area contributed by atoms with Crippen LogP contribution >= 0.6 is 23.2 Å². The third-order valence-corrected chi connectivity index (χ3v) is 6.08. The summed E-state index contributed by atoms with van der Waals surface area (Å²) in [6, 6.07) is 9.49. The van der Waals surface area contributed by atoms with Crippen LogP contribution in [-0.2, 0) is 20.4 Å². The van der Waals surface area contributed by atoms with Crippen molar-refractivity contribution in [3.63, 3.8) is 0 Å². The number of carbonyl (C=O) groups is 2. The zero-order chi connectivity index (χ0) is 19.1. The minimum absolute atomic E-state index is 0.0367. The minimum atomic E-state index is -3.86. The highest BCUT2D eigenvalue weighted by Gasteiger charge is 2.43. The number of benzene rings is 2. The van der Waals surface area contributed by atoms with E-state index in [0.29, 0.717) is 5.56 Å². The molecule has 0 saturated carbocycles. The van der Waals surface area contributed by atoms with E-state index in [-0.39, 0.29) is 20.6 Å². The van der Waals surface area contributed by atoms with Crippen LogP contribution in [0.2, 0.25) is 10.0 Å². The van der Waals surface area contributed by atoms with Gasteiger partial charge in [0, 0.05) is 5.69 Å². The molecule has 1 heterocycles. The number of amides is 3. The van der Waals surface area contributed by atoms with Crippen LogP contribution in [0.25, 0.3) is 0 Å². The van der Waals surface area contributed by atoms with Crippen LogP contribution in [0.15, 0.2) is 47.4 Å². The highest BCUT2D eigenvalue weighted by Crippen LogP contribution is 2.28. The number of rotatable bonds is 4. The first-order chi connectivity index (χ1) is 12.1. The van der Waals surface area contributed by atoms with E-state index in [1.165, 1.54) is 30.3 Å². The zero-order valence-corrected chi connectivity index (χ0v) is 15.7. The number of hydrogen-bond donors (Lipinski definition) is 3. The van der Waals surface area contributed by atoms with Gasteiger partial charge in [0.25, 0.3) is 15.9 Å². The van der Waals surface area contributed by atoms with Crippen molar-refractivity contribution in [1.82, 2.24) is 10.6 Å². The first-order valence-electron chi connectivity index (χ1n) is 7.34. The fourth-order valence-electron chi connectivity index (χ4n) is 2.48. The van der Waals surface area contributed by atoms with Gasteiger partial charge in [0.05, 0.1) is 14.9 Å². The van der Waals surface area contributed by atoms with Crippen LogP contribution in [0, 0.1) is 0 Å². The fourth-order valence-corrected chi connectivity index (χ4v) is 3.92. The quantitative estimate of drug-likeness (QED) is 0.670. The lowest BCUT2D eigenvalue weighted by Gasteiger charge is -2.21. The Kier molecular flexibility index (Phi) is 4.60. The van der Waals surface area contributed by atoms with E-state index in [1.54, 1.807) is 19.1 Å². The van der Waals surface area contributed by atoms with Crippen molar-refractivity contribution in [2.24, 2.45) is 0 Å². The molecule has 26 heavy (non-hydrogen) atoms. The van der Waals surface area contributed by atoms with Crippen molar-refractivity contribution in [1.29, 1.82) is 0 Å². The van der Waals surface area contributed by atoms with Gasteiger partial charge in [-0.3, -0.25) is 14.8 Å². The maximum absolute atomic E-state index is 12.4. The standard InChI is InChI=1S/C16H13Cl2N3O4S/c1-16(14(22)19-15(23)20-16)9-2-4-10(5-3-9)21-26(24,25)11-6-7-12(17)13(18)8-11/h2-8,21H,1H3,(H2,19,20,22,23)/t16-/m0/s1. The molecule has 0 spiro atoms. The Bertz CT molecular complexity index is 1010. The molecule has 1 saturated heterocycles. The molecule has 1 fully saturated rings. The summed E-state index contributed by atoms with van der Waals surface area (Å²) in [4.78, 5) is 23.2. The van der Waals surface area contributed by atoms with Gasteiger partial charge in [0.2, 0.25) is 0 Å². The highest BCUT2D eigenvalue weighted by molar-refractivity contribution is 7.92. The number of hydrogen-bond acceptors (Lipinski definition) is 4. The van der Waals surface area contributed by atoms with Crippen molar-refractivity contribution in [3.05, 3.63) is 58.1 Å². The molecule has 3 amide bonds. The number of sulfonamides is 1. The molecule has 2 aromatic carbocycles. The lowest BCUT2D eigenvalue weighted by molar-refractivity contribution is -0.123. The van der Waals surface area contributed by atoms with Crippen molar-refractivity contribution in [3.8, 4) is 0 Å². The van der Waals surface area contributed by atoms with Crippen LogP contribution in [-0.4, -0.2) is 20.4 Å². The Morgan fingerprint density at radius 2 is 1.65 bits per heavy atom. The third kappa shape index (κ3) is 3.35. The normalized spacial score (nSPS) is 19.8. The summed E-state index contributed by atoms with van der Waals surface area (Å²) in [5.74, 6) is -0.480. The molecule has 7 nitrogen and oxygen atoms in total. The molecule has 0 bridgehead atoms. The van der Waals surface area contributed by atoms with E-state index in [9.17, 15) is 18.0 Å². The lowest BCUT2D eigenvalue weighted by Crippen LogP contribution is -2.40. The van der Waals surface area contributed by atoms with E-state index in [1.807, 2.05) is 0 Å². The van der Waals surface area contributed by atoms with E-state index in [2.05, 4.69) is 15.4 Å². The van der Waals surface area contributed by atoms with Crippen molar-refractivity contribution in [2.45, 2.75) is 17.4 Å². The Labute approximate surface area is 159 Å². The topological polar surface area (TPSA) is 104 Å². The minimum Gasteiger partial charge on any atom is -0.320 e. The van der Waals surface area contributed by atoms with Crippen LogP contribution in [0.3, 0.4) is 0 Å². The Morgan fingerprint density at radius 1 is 1.00 bits per heavy atom. The smallest absolute Gasteiger partial charge is 0.320 e. The van der Waals surface area contributed by atoms with Gasteiger partial charge in [-0.05, 0) is 42.8 Å². The van der Waals surface area contributed by atoms with Crippen LogP contribution < -0.4 is 15.4 Å². The van der Waals surface area contributed by atoms with Gasteiger partial charge in [-0.15, -0.1) is 0 Å². The molecule has 0 radical (unpaired) electrons. The number of nitrogens with one attached hydrogen (secondary N) is 3. The van der Waals surface area contributed by atoms with Crippen LogP contribution in [0.4, 0.5) is 10.5 Å². The average molecular weight is 414 g/mol. The monoisotopic (exact) mass is 413 g/mol. The molecule has 1 aliphatic heterocycles. The summed E-state index contributed by atoms with van der Waals surface area (Å²) in [7, 11) is -3.86. The molecule has 1 atom stereocenters. The summed E-state index contributed by atoms with van der Waals surface area (Å²) in [5, 5.41) is 5.08. The number of halogens is 2. The number of imide groups is 1. The molecule has 0 unspecified atom stereocenters. The largest absolute Gasteiger partial charge is 0.322 e. The average Bonchev–Trinajstić information content (AvgIpc) is 2.83. The fraction of sp³-hybridized carbons (Fsp3) is 0.125. The van der Waals surface area contributed by atoms with Gasteiger partial charge in [0.1, 0.15) is 5.54 Å². The Balaban J connectivity index is 1.84. The summed E-state index contributed by atoms with van der Waals surface area (Å²) in [5.41, 5.74) is -0.412. The van der Waals surface area contributed by atoms with Gasteiger partial charge in [-0.25, -0.2) is 13.2 Å². The van der Waals surface area contributed by atoms with Crippen molar-refractivity contribution < 1.29 is 18.0 Å². The molecule has 10 heteroatoms. The Morgan fingerprint density at radius 3 is 2.19 bits per heavy atom. The first kappa shape index (κ1) is 18.5. The lowest BCUT2D eigenvalue weighted by atomic mass is 9.92. The maximum Gasteiger partial charge on any atom is 0.322 e. The van der Waals surface area contributed by atoms with Gasteiger partial charge in [-0.2, -0.15) is 0 Å². The predicted octanol–water partition coefficient (Wildman–Crippen LogP) is 2.85. The number of anilines is 1. The number of carbonyl (C=O) groups excluding carboxylic acids is 2. The van der Waals surface area contributed by atoms with E-state index < -0.39 is 27.5 Å². The van der Waals surface area contributed by atoms with Gasteiger partial charge < -0.3 is 5.32 Å². The number of urea groups is 1. The molecule has 3 rings (SSSR count). The molecule has 0 aliphatic carbocycles. The summed E-state index contributed by atoms with van der Waals surface area (Å²) in [6.07, 6.45) is 0. The van der Waals surface area contributed by atoms with Gasteiger partial charge in [-0.1, -0.05) is 35.3 Å². The van der Waals surface area contributed by atoms with Crippen molar-refractivity contribution in [2.75, 3.05) is 4.72 Å². The molecular formula is C16H13Cl2N3O4S. The zero-order valence-electron chi connectivity index (χ0n) is 13.3. The second-order valence-electron chi connectivity index (χ2n) is 5.79. The van der Waals surface area contributed by atoms with E-state index in [4.69, 9.17) is 23.2 Å². The highest BCUT2D eigenvalue weighted by atomic mass is 35.5. The van der Waals surface area contributed by atoms with Crippen LogP contribution in [0.1, 0.15) is 12.5 Å². The summed E-state index contributed by atoms with van der Waals surface area (Å²) < 4.78 is 27.3. The summed E-state index contributed by atoms with van der Waals surface area (Å²) in [6.45, 7) is 1.56. The molecular weight excluding hydrogens is 401 g/mol. The second kappa shape index (κ2) is 6.46. The third-order valence-electron chi connectivity index (χ3n) is 3.96. The predicted molar refractivity (Wildman–Crippen MR) is 97.7 cm³/mol. The van der Waals surface area contributed by atoms with Crippen LogP contribution in [0.5, 0.6) is 0 Å². The van der Waals surface area contributed by atoms with E-state index >= 15 is 0 Å². The molecule has 1 aliphatic rings. The van der Waals surface area contributed by atoms with Crippen molar-refractivity contribution >= 4 is 50.9 Å². The van der Waals surface area contributed by atoms with E-state index in [0.717, 1.165) is 0 Å². The molecule has 3 N–H and O–H groups in total. The Hall–Kier alpha value is -2.29. The first-order valence-corrected chi connectivity index (χ1v) is 9.58. The second-order valence-corrected chi connectivity index (χ2v) is 8.29. The molecule has 2 aromatic rings.